The van der Waals surface area contributed by atoms with Crippen LogP contribution in [0.3, 0.4) is 0 Å². The summed E-state index contributed by atoms with van der Waals surface area (Å²) in [5.74, 6) is -0.759. The van der Waals surface area contributed by atoms with E-state index in [-0.39, 0.29) is 30.7 Å². The highest BCUT2D eigenvalue weighted by Gasteiger charge is 2.14. The van der Waals surface area contributed by atoms with Crippen LogP contribution < -0.4 is 5.32 Å². The van der Waals surface area contributed by atoms with Gasteiger partial charge in [0.05, 0.1) is 6.54 Å². The van der Waals surface area contributed by atoms with Crippen LogP contribution in [0.5, 0.6) is 0 Å². The molecule has 2 amide bonds. The number of nitrogens with zero attached hydrogens (tertiary/aromatic N) is 1. The second-order valence-electron chi connectivity index (χ2n) is 5.70. The van der Waals surface area contributed by atoms with Gasteiger partial charge in [0.25, 0.3) is 0 Å². The Balaban J connectivity index is 1.92. The molecule has 0 unspecified atom stereocenters. The first-order valence-electron chi connectivity index (χ1n) is 7.77. The average Bonchev–Trinajstić information content (AvgIpc) is 2.55. The molecule has 24 heavy (non-hydrogen) atoms. The van der Waals surface area contributed by atoms with Crippen molar-refractivity contribution in [2.24, 2.45) is 0 Å². The molecule has 0 atom stereocenters. The normalized spacial score (nSPS) is 10.3. The molecule has 0 aliphatic rings. The SMILES string of the molecule is CC(=O)N(CC(=O)NCc1ccccc1C)Cc1ccc(F)cc1. The molecule has 5 heteroatoms. The van der Waals surface area contributed by atoms with Crippen molar-refractivity contribution < 1.29 is 14.0 Å². The van der Waals surface area contributed by atoms with Crippen LogP contribution in [0.25, 0.3) is 0 Å². The molecular weight excluding hydrogens is 307 g/mol. The van der Waals surface area contributed by atoms with Gasteiger partial charge in [-0.3, -0.25) is 9.59 Å². The monoisotopic (exact) mass is 328 g/mol. The fraction of sp³-hybridized carbons (Fsp3) is 0.263. The lowest BCUT2D eigenvalue weighted by molar-refractivity contribution is -0.135. The molecule has 0 bridgehead atoms. The van der Waals surface area contributed by atoms with Gasteiger partial charge in [-0.25, -0.2) is 4.39 Å². The highest BCUT2D eigenvalue weighted by molar-refractivity contribution is 5.83. The number of nitrogens with one attached hydrogen (secondary N) is 1. The molecule has 0 heterocycles. The molecule has 4 nitrogen and oxygen atoms in total. The first-order valence-corrected chi connectivity index (χ1v) is 7.77. The van der Waals surface area contributed by atoms with Crippen molar-refractivity contribution in [2.45, 2.75) is 26.9 Å². The maximum absolute atomic E-state index is 12.9. The molecule has 0 saturated carbocycles. The zero-order valence-electron chi connectivity index (χ0n) is 13.9. The summed E-state index contributed by atoms with van der Waals surface area (Å²) in [7, 11) is 0. The second kappa shape index (κ2) is 8.24. The minimum atomic E-state index is -0.330. The third kappa shape index (κ3) is 5.19. The number of hydrogen-bond donors (Lipinski definition) is 1. The van der Waals surface area contributed by atoms with Crippen LogP contribution in [0.15, 0.2) is 48.5 Å². The molecule has 2 aromatic rings. The topological polar surface area (TPSA) is 49.4 Å². The molecule has 0 spiro atoms. The van der Waals surface area contributed by atoms with Crippen molar-refractivity contribution >= 4 is 11.8 Å². The first-order chi connectivity index (χ1) is 11.5. The van der Waals surface area contributed by atoms with Crippen molar-refractivity contribution in [3.63, 3.8) is 0 Å². The minimum Gasteiger partial charge on any atom is -0.350 e. The Morgan fingerprint density at radius 2 is 1.75 bits per heavy atom. The van der Waals surface area contributed by atoms with Gasteiger partial charge in [0.1, 0.15) is 5.82 Å². The van der Waals surface area contributed by atoms with Crippen molar-refractivity contribution in [3.05, 3.63) is 71.0 Å². The lowest BCUT2D eigenvalue weighted by atomic mass is 10.1. The Labute approximate surface area is 141 Å². The van der Waals surface area contributed by atoms with Gasteiger partial charge in [-0.05, 0) is 35.7 Å². The molecule has 126 valence electrons. The molecule has 0 aliphatic heterocycles. The number of amides is 2. The van der Waals surface area contributed by atoms with E-state index in [0.717, 1.165) is 16.7 Å². The third-order valence-corrected chi connectivity index (χ3v) is 3.80. The molecule has 2 rings (SSSR count). The fourth-order valence-corrected chi connectivity index (χ4v) is 2.32. The summed E-state index contributed by atoms with van der Waals surface area (Å²) in [6.45, 7) is 4.07. The number of hydrogen-bond acceptors (Lipinski definition) is 2. The summed E-state index contributed by atoms with van der Waals surface area (Å²) in [5, 5.41) is 2.83. The van der Waals surface area contributed by atoms with Crippen LogP contribution in [0.2, 0.25) is 0 Å². The first kappa shape index (κ1) is 17.7. The Morgan fingerprint density at radius 1 is 1.08 bits per heavy atom. The van der Waals surface area contributed by atoms with Gasteiger partial charge in [0.15, 0.2) is 0 Å². The molecular formula is C19H21FN2O2. The van der Waals surface area contributed by atoms with Gasteiger partial charge in [-0.1, -0.05) is 36.4 Å². The molecule has 1 N–H and O–H groups in total. The van der Waals surface area contributed by atoms with E-state index in [2.05, 4.69) is 5.32 Å². The van der Waals surface area contributed by atoms with E-state index in [4.69, 9.17) is 0 Å². The molecule has 0 fully saturated rings. The molecule has 0 radical (unpaired) electrons. The van der Waals surface area contributed by atoms with E-state index in [1.165, 1.54) is 24.0 Å². The summed E-state index contributed by atoms with van der Waals surface area (Å²) in [5.41, 5.74) is 2.92. The van der Waals surface area contributed by atoms with Gasteiger partial charge in [0.2, 0.25) is 11.8 Å². The summed E-state index contributed by atoms with van der Waals surface area (Å²) in [4.78, 5) is 25.3. The number of carbonyl (C=O) groups excluding carboxylic acids is 2. The molecule has 0 aliphatic carbocycles. The van der Waals surface area contributed by atoms with Crippen molar-refractivity contribution in [2.75, 3.05) is 6.54 Å². The van der Waals surface area contributed by atoms with Crippen LogP contribution in [0.4, 0.5) is 4.39 Å². The van der Waals surface area contributed by atoms with E-state index in [1.807, 2.05) is 31.2 Å². The lowest BCUT2D eigenvalue weighted by Gasteiger charge is -2.21. The Hall–Kier alpha value is -2.69. The van der Waals surface area contributed by atoms with Gasteiger partial charge in [-0.15, -0.1) is 0 Å². The summed E-state index contributed by atoms with van der Waals surface area (Å²) >= 11 is 0. The largest absolute Gasteiger partial charge is 0.350 e. The van der Waals surface area contributed by atoms with E-state index < -0.39 is 0 Å². The van der Waals surface area contributed by atoms with Crippen LogP contribution in [-0.4, -0.2) is 23.3 Å². The molecule has 0 saturated heterocycles. The average molecular weight is 328 g/mol. The molecule has 2 aromatic carbocycles. The zero-order chi connectivity index (χ0) is 17.5. The summed E-state index contributed by atoms with van der Waals surface area (Å²) < 4.78 is 12.9. The van der Waals surface area contributed by atoms with Crippen molar-refractivity contribution in [1.29, 1.82) is 0 Å². The van der Waals surface area contributed by atoms with Gasteiger partial charge >= 0.3 is 0 Å². The van der Waals surface area contributed by atoms with Crippen LogP contribution in [0.1, 0.15) is 23.6 Å². The second-order valence-corrected chi connectivity index (χ2v) is 5.70. The summed E-state index contributed by atoms with van der Waals surface area (Å²) in [6.07, 6.45) is 0. The number of halogens is 1. The highest BCUT2D eigenvalue weighted by atomic mass is 19.1. The lowest BCUT2D eigenvalue weighted by Crippen LogP contribution is -2.39. The Morgan fingerprint density at radius 3 is 2.38 bits per heavy atom. The Bertz CT molecular complexity index is 714. The highest BCUT2D eigenvalue weighted by Crippen LogP contribution is 2.08. The van der Waals surface area contributed by atoms with E-state index >= 15 is 0 Å². The predicted molar refractivity (Wildman–Crippen MR) is 90.5 cm³/mol. The predicted octanol–water partition coefficient (Wildman–Crippen LogP) is 2.80. The molecule has 0 aromatic heterocycles. The van der Waals surface area contributed by atoms with Gasteiger partial charge in [-0.2, -0.15) is 0 Å². The van der Waals surface area contributed by atoms with Crippen molar-refractivity contribution in [1.82, 2.24) is 10.2 Å². The van der Waals surface area contributed by atoms with Crippen LogP contribution >= 0.6 is 0 Å². The van der Waals surface area contributed by atoms with E-state index in [0.29, 0.717) is 6.54 Å². The standard InChI is InChI=1S/C19H21FN2O2/c1-14-5-3-4-6-17(14)11-21-19(24)13-22(15(2)23)12-16-7-9-18(20)10-8-16/h3-10H,11-13H2,1-2H3,(H,21,24). The maximum Gasteiger partial charge on any atom is 0.239 e. The quantitative estimate of drug-likeness (QED) is 0.886. The number of carbonyl (C=O) groups is 2. The third-order valence-electron chi connectivity index (χ3n) is 3.80. The van der Waals surface area contributed by atoms with E-state index in [1.54, 1.807) is 12.1 Å². The fourth-order valence-electron chi connectivity index (χ4n) is 2.32. The number of aryl methyl sites for hydroxylation is 1. The minimum absolute atomic E-state index is 0.0292. The van der Waals surface area contributed by atoms with Crippen LogP contribution in [0, 0.1) is 12.7 Å². The summed E-state index contributed by atoms with van der Waals surface area (Å²) in [6, 6.07) is 13.7. The zero-order valence-corrected chi connectivity index (χ0v) is 13.9. The smallest absolute Gasteiger partial charge is 0.239 e. The van der Waals surface area contributed by atoms with Gasteiger partial charge in [0, 0.05) is 20.0 Å². The van der Waals surface area contributed by atoms with Crippen LogP contribution in [-0.2, 0) is 22.7 Å². The van der Waals surface area contributed by atoms with Crippen molar-refractivity contribution in [3.8, 4) is 0 Å². The van der Waals surface area contributed by atoms with E-state index in [9.17, 15) is 14.0 Å². The maximum atomic E-state index is 12.9. The Kier molecular flexibility index (Phi) is 6.07. The number of rotatable bonds is 6. The number of benzene rings is 2. The van der Waals surface area contributed by atoms with Gasteiger partial charge < -0.3 is 10.2 Å².